The van der Waals surface area contributed by atoms with E-state index in [2.05, 4.69) is 0 Å². The summed E-state index contributed by atoms with van der Waals surface area (Å²) in [6, 6.07) is 0. The van der Waals surface area contributed by atoms with Crippen LogP contribution in [-0.4, -0.2) is 68.3 Å². The smallest absolute Gasteiger partial charge is 0.448 e. The molecule has 0 saturated heterocycles. The Morgan fingerprint density at radius 2 is 0.488 bits per heavy atom. The van der Waals surface area contributed by atoms with Gasteiger partial charge in [-0.1, -0.05) is 0 Å². The third-order valence-corrected chi connectivity index (χ3v) is 2.52. The van der Waals surface area contributed by atoms with Gasteiger partial charge in [-0.05, 0) is 27.7 Å². The molecule has 0 aromatic rings. The second-order valence-corrected chi connectivity index (χ2v) is 6.55. The molecule has 0 amide bonds. The SMILES string of the molecule is CC(=O)C=C(O)C(F)(F)F.CC(=O)C=C(O)C(F)(F)F.CC(=O)C=C(O)C(F)(F)F.CC(=O)C=C(O)C(F)(F)F.[Hf]. The van der Waals surface area contributed by atoms with E-state index in [1.165, 1.54) is 0 Å². The summed E-state index contributed by atoms with van der Waals surface area (Å²) in [4.78, 5) is 39.9. The summed E-state index contributed by atoms with van der Waals surface area (Å²) in [6.45, 7) is 3.67. The van der Waals surface area contributed by atoms with E-state index >= 15 is 0 Å². The molecule has 0 fully saturated rings. The minimum Gasteiger partial charge on any atom is -0.504 e. The molecule has 0 aromatic heterocycles. The van der Waals surface area contributed by atoms with Crippen molar-refractivity contribution in [3.8, 4) is 0 Å². The van der Waals surface area contributed by atoms with Gasteiger partial charge in [0.15, 0.2) is 23.1 Å². The standard InChI is InChI=1S/4C5H5F3O2.Hf/c4*1-3(9)2-4(10)5(6,7)8;/h4*2,10H,1H3;. The first-order valence-electron chi connectivity index (χ1n) is 9.29. The average Bonchev–Trinajstić information content (AvgIpc) is 2.64. The van der Waals surface area contributed by atoms with Crippen LogP contribution in [0.5, 0.6) is 0 Å². The predicted octanol–water partition coefficient (Wildman–Crippen LogP) is 6.32. The van der Waals surface area contributed by atoms with Gasteiger partial charge < -0.3 is 20.4 Å². The molecule has 0 aliphatic heterocycles. The van der Waals surface area contributed by atoms with E-state index in [1.54, 1.807) is 0 Å². The second-order valence-electron chi connectivity index (χ2n) is 6.55. The molecule has 0 aliphatic rings. The number of allylic oxidation sites excluding steroid dienone is 8. The zero-order valence-corrected chi connectivity index (χ0v) is 24.4. The number of ketones is 4. The number of aliphatic hydroxyl groups excluding tert-OH is 4. The maximum absolute atomic E-state index is 11.3. The maximum Gasteiger partial charge on any atom is 0.448 e. The number of halogens is 12. The van der Waals surface area contributed by atoms with Crippen molar-refractivity contribution >= 4 is 23.1 Å². The Hall–Kier alpha value is -3.13. The molecule has 0 radical (unpaired) electrons. The van der Waals surface area contributed by atoms with Crippen LogP contribution in [0.4, 0.5) is 52.7 Å². The summed E-state index contributed by atoms with van der Waals surface area (Å²) in [5.41, 5.74) is 0. The zero-order chi connectivity index (χ0) is 33.4. The summed E-state index contributed by atoms with van der Waals surface area (Å²) >= 11 is 0. The topological polar surface area (TPSA) is 149 Å². The predicted molar refractivity (Wildman–Crippen MR) is 110 cm³/mol. The summed E-state index contributed by atoms with van der Waals surface area (Å²) in [5, 5.41) is 32.3. The molecule has 0 aromatic carbocycles. The molecule has 0 atom stereocenters. The minimum atomic E-state index is -4.81. The molecule has 21 heteroatoms. The van der Waals surface area contributed by atoms with Crippen LogP contribution in [0, 0.1) is 0 Å². The van der Waals surface area contributed by atoms with Gasteiger partial charge in [-0.3, -0.25) is 19.2 Å². The van der Waals surface area contributed by atoms with Gasteiger partial charge in [-0.15, -0.1) is 0 Å². The number of hydrogen-bond acceptors (Lipinski definition) is 8. The third-order valence-electron chi connectivity index (χ3n) is 2.52. The van der Waals surface area contributed by atoms with E-state index in [0.717, 1.165) is 27.7 Å². The molecule has 236 valence electrons. The van der Waals surface area contributed by atoms with Crippen molar-refractivity contribution in [2.75, 3.05) is 0 Å². The van der Waals surface area contributed by atoms with Gasteiger partial charge in [0.05, 0.1) is 0 Å². The Balaban J connectivity index is -0.000000139. The molecule has 0 saturated carbocycles. The molecule has 4 N–H and O–H groups in total. The van der Waals surface area contributed by atoms with E-state index in [4.69, 9.17) is 20.4 Å². The van der Waals surface area contributed by atoms with Crippen molar-refractivity contribution in [3.05, 3.63) is 47.3 Å². The molecule has 0 spiro atoms. The molecular weight excluding hydrogens is 775 g/mol. The van der Waals surface area contributed by atoms with Crippen molar-refractivity contribution < 1.29 is 118 Å². The van der Waals surface area contributed by atoms with Gasteiger partial charge in [-0.25, -0.2) is 0 Å². The van der Waals surface area contributed by atoms with Gasteiger partial charge in [0.2, 0.25) is 23.0 Å². The van der Waals surface area contributed by atoms with E-state index in [0.29, 0.717) is 0 Å². The van der Waals surface area contributed by atoms with E-state index in [-0.39, 0.29) is 50.1 Å². The fourth-order valence-electron chi connectivity index (χ4n) is 1.10. The Morgan fingerprint density at radius 3 is 0.512 bits per heavy atom. The van der Waals surface area contributed by atoms with Gasteiger partial charge in [0.25, 0.3) is 0 Å². The van der Waals surface area contributed by atoms with Crippen LogP contribution in [-0.2, 0) is 45.0 Å². The second kappa shape index (κ2) is 19.9. The number of hydrogen-bond donors (Lipinski definition) is 4. The molecule has 0 aliphatic carbocycles. The summed E-state index contributed by atoms with van der Waals surface area (Å²) in [7, 11) is 0. The average molecular weight is 795 g/mol. The van der Waals surface area contributed by atoms with Crippen LogP contribution in [0.3, 0.4) is 0 Å². The Morgan fingerprint density at radius 1 is 0.390 bits per heavy atom. The van der Waals surface area contributed by atoms with E-state index < -0.39 is 70.9 Å². The van der Waals surface area contributed by atoms with Crippen LogP contribution < -0.4 is 0 Å². The fraction of sp³-hybridized carbons (Fsp3) is 0.400. The monoisotopic (exact) mass is 796 g/mol. The summed E-state index contributed by atoms with van der Waals surface area (Å²) in [5.74, 6) is -10.8. The van der Waals surface area contributed by atoms with Crippen molar-refractivity contribution in [2.45, 2.75) is 52.4 Å². The van der Waals surface area contributed by atoms with Gasteiger partial charge in [0.1, 0.15) is 0 Å². The third kappa shape index (κ3) is 33.0. The Labute approximate surface area is 241 Å². The van der Waals surface area contributed by atoms with Crippen molar-refractivity contribution in [3.63, 3.8) is 0 Å². The first kappa shape index (κ1) is 47.6. The Kier molecular flexibility index (Phi) is 23.1. The van der Waals surface area contributed by atoms with Gasteiger partial charge >= 0.3 is 24.7 Å². The number of carbonyl (C=O) groups excluding carboxylic acids is 4. The van der Waals surface area contributed by atoms with Crippen LogP contribution in [0.1, 0.15) is 27.7 Å². The van der Waals surface area contributed by atoms with Crippen molar-refractivity contribution in [1.29, 1.82) is 0 Å². The molecule has 0 rings (SSSR count). The Bertz CT molecular complexity index is 840. The quantitative estimate of drug-likeness (QED) is 0.112. The molecular formula is C20H20F12HfO8. The fourth-order valence-corrected chi connectivity index (χ4v) is 1.10. The number of aliphatic hydroxyl groups is 4. The number of rotatable bonds is 4. The molecule has 41 heavy (non-hydrogen) atoms. The van der Waals surface area contributed by atoms with Crippen LogP contribution in [0.2, 0.25) is 0 Å². The number of carbonyl (C=O) groups is 4. The van der Waals surface area contributed by atoms with E-state index in [1.807, 2.05) is 0 Å². The van der Waals surface area contributed by atoms with Crippen LogP contribution >= 0.6 is 0 Å². The zero-order valence-electron chi connectivity index (χ0n) is 20.8. The van der Waals surface area contributed by atoms with Crippen molar-refractivity contribution in [1.82, 2.24) is 0 Å². The van der Waals surface area contributed by atoms with Crippen molar-refractivity contribution in [2.24, 2.45) is 0 Å². The molecule has 0 heterocycles. The summed E-state index contributed by atoms with van der Waals surface area (Å²) < 4.78 is 136. The first-order valence-corrected chi connectivity index (χ1v) is 9.29. The summed E-state index contributed by atoms with van der Waals surface area (Å²) in [6.07, 6.45) is -18.8. The molecule has 0 unspecified atom stereocenters. The minimum absolute atomic E-state index is 0. The number of alkyl halides is 12. The van der Waals surface area contributed by atoms with Crippen LogP contribution in [0.25, 0.3) is 0 Å². The maximum atomic E-state index is 11.3. The van der Waals surface area contributed by atoms with Gasteiger partial charge in [0, 0.05) is 50.1 Å². The molecule has 0 bridgehead atoms. The van der Waals surface area contributed by atoms with E-state index in [9.17, 15) is 71.9 Å². The van der Waals surface area contributed by atoms with Crippen LogP contribution in [0.15, 0.2) is 47.3 Å². The van der Waals surface area contributed by atoms with Gasteiger partial charge in [-0.2, -0.15) is 52.7 Å². The largest absolute Gasteiger partial charge is 0.504 e. The molecule has 8 nitrogen and oxygen atoms in total. The first-order chi connectivity index (χ1) is 17.3. The normalized spacial score (nSPS) is 13.1.